The Morgan fingerprint density at radius 3 is 2.20 bits per heavy atom. The summed E-state index contributed by atoms with van der Waals surface area (Å²) in [5.41, 5.74) is 0.374. The second kappa shape index (κ2) is 7.75. The number of benzene rings is 1. The smallest absolute Gasteiger partial charge is 0.338 e. The number of carbonyl (C=O) groups is 2. The van der Waals surface area contributed by atoms with Crippen LogP contribution in [0.5, 0.6) is 5.75 Å². The Bertz CT molecular complexity index is 494. The van der Waals surface area contributed by atoms with Gasteiger partial charge in [-0.2, -0.15) is 0 Å². The zero-order chi connectivity index (χ0) is 15.3. The van der Waals surface area contributed by atoms with Crippen LogP contribution >= 0.6 is 31.9 Å². The number of hydrogen-bond donors (Lipinski definition) is 0. The van der Waals surface area contributed by atoms with Gasteiger partial charge in [0.25, 0.3) is 0 Å². The molecule has 0 saturated carbocycles. The van der Waals surface area contributed by atoms with Crippen molar-refractivity contribution < 1.29 is 19.1 Å². The lowest BCUT2D eigenvalue weighted by atomic mass is 10.2. The minimum Gasteiger partial charge on any atom is -0.461 e. The van der Waals surface area contributed by atoms with Gasteiger partial charge < -0.3 is 14.4 Å². The molecule has 0 saturated heterocycles. The van der Waals surface area contributed by atoms with Crippen LogP contribution in [-0.2, 0) is 9.53 Å². The first-order chi connectivity index (χ1) is 9.31. The molecule has 1 rings (SSSR count). The van der Waals surface area contributed by atoms with Crippen LogP contribution in [0.15, 0.2) is 21.1 Å². The van der Waals surface area contributed by atoms with Gasteiger partial charge in [0.1, 0.15) is 6.61 Å². The molecular formula is C13H15Br2NO4. The molecule has 0 N–H and O–H groups in total. The van der Waals surface area contributed by atoms with Gasteiger partial charge in [-0.05, 0) is 58.1 Å². The molecule has 0 amide bonds. The molecule has 0 unspecified atom stereocenters. The Morgan fingerprint density at radius 2 is 1.75 bits per heavy atom. The average Bonchev–Trinajstić information content (AvgIpc) is 2.32. The molecule has 0 heterocycles. The quantitative estimate of drug-likeness (QED) is 0.553. The Kier molecular flexibility index (Phi) is 6.64. The zero-order valence-electron chi connectivity index (χ0n) is 11.4. The van der Waals surface area contributed by atoms with Crippen molar-refractivity contribution in [3.05, 3.63) is 26.6 Å². The maximum absolute atomic E-state index is 11.9. The SMILES string of the molecule is CC(=O)Oc1c(Br)cc(C(=O)OCCN(C)C)cc1Br. The topological polar surface area (TPSA) is 55.8 Å². The fraction of sp³-hybridized carbons (Fsp3) is 0.385. The lowest BCUT2D eigenvalue weighted by Gasteiger charge is -2.11. The first-order valence-electron chi connectivity index (χ1n) is 5.80. The highest BCUT2D eigenvalue weighted by Crippen LogP contribution is 2.35. The Balaban J connectivity index is 2.82. The summed E-state index contributed by atoms with van der Waals surface area (Å²) in [6, 6.07) is 3.11. The summed E-state index contributed by atoms with van der Waals surface area (Å²) < 4.78 is 11.2. The maximum Gasteiger partial charge on any atom is 0.338 e. The van der Waals surface area contributed by atoms with E-state index in [-0.39, 0.29) is 0 Å². The summed E-state index contributed by atoms with van der Waals surface area (Å²) in [5.74, 6) is -0.530. The largest absolute Gasteiger partial charge is 0.461 e. The summed E-state index contributed by atoms with van der Waals surface area (Å²) in [7, 11) is 3.80. The summed E-state index contributed by atoms with van der Waals surface area (Å²) in [4.78, 5) is 24.8. The summed E-state index contributed by atoms with van der Waals surface area (Å²) >= 11 is 6.53. The van der Waals surface area contributed by atoms with Gasteiger partial charge >= 0.3 is 11.9 Å². The highest BCUT2D eigenvalue weighted by Gasteiger charge is 2.15. The third-order valence-corrected chi connectivity index (χ3v) is 3.43. The van der Waals surface area contributed by atoms with Crippen molar-refractivity contribution in [2.24, 2.45) is 0 Å². The number of likely N-dealkylation sites (N-methyl/N-ethyl adjacent to an activating group) is 1. The molecule has 1 aromatic rings. The summed E-state index contributed by atoms with van der Waals surface area (Å²) in [6.07, 6.45) is 0. The van der Waals surface area contributed by atoms with Crippen molar-refractivity contribution in [2.75, 3.05) is 27.2 Å². The van der Waals surface area contributed by atoms with Gasteiger partial charge in [-0.15, -0.1) is 0 Å². The van der Waals surface area contributed by atoms with Gasteiger partial charge in [0.15, 0.2) is 5.75 Å². The van der Waals surface area contributed by atoms with E-state index in [1.807, 2.05) is 19.0 Å². The predicted octanol–water partition coefficient (Wildman–Crippen LogP) is 2.86. The Morgan fingerprint density at radius 1 is 1.20 bits per heavy atom. The van der Waals surface area contributed by atoms with Gasteiger partial charge in [-0.3, -0.25) is 4.79 Å². The van der Waals surface area contributed by atoms with Crippen molar-refractivity contribution in [2.45, 2.75) is 6.92 Å². The van der Waals surface area contributed by atoms with Crippen LogP contribution < -0.4 is 4.74 Å². The standard InChI is InChI=1S/C13H15Br2NO4/c1-8(17)20-12-10(14)6-9(7-11(12)15)13(18)19-5-4-16(2)3/h6-7H,4-5H2,1-3H3. The molecule has 5 nitrogen and oxygen atoms in total. The second-order valence-corrected chi connectivity index (χ2v) is 6.01. The van der Waals surface area contributed by atoms with Crippen molar-refractivity contribution >= 4 is 43.8 Å². The van der Waals surface area contributed by atoms with E-state index in [2.05, 4.69) is 31.9 Å². The van der Waals surface area contributed by atoms with Crippen LogP contribution in [0.1, 0.15) is 17.3 Å². The lowest BCUT2D eigenvalue weighted by molar-refractivity contribution is -0.131. The van der Waals surface area contributed by atoms with E-state index < -0.39 is 11.9 Å². The number of hydrogen-bond acceptors (Lipinski definition) is 5. The minimum absolute atomic E-state index is 0.312. The first kappa shape index (κ1) is 17.1. The van der Waals surface area contributed by atoms with Gasteiger partial charge in [0.2, 0.25) is 0 Å². The van der Waals surface area contributed by atoms with Gasteiger partial charge in [-0.1, -0.05) is 0 Å². The molecule has 110 valence electrons. The monoisotopic (exact) mass is 407 g/mol. The molecule has 7 heteroatoms. The lowest BCUT2D eigenvalue weighted by Crippen LogP contribution is -2.20. The van der Waals surface area contributed by atoms with E-state index in [0.717, 1.165) is 0 Å². The fourth-order valence-corrected chi connectivity index (χ4v) is 2.67. The molecule has 1 aromatic carbocycles. The molecule has 0 aromatic heterocycles. The average molecular weight is 409 g/mol. The van der Waals surface area contributed by atoms with Crippen LogP contribution in [-0.4, -0.2) is 44.1 Å². The number of rotatable bonds is 5. The number of halogens is 2. The number of esters is 2. The van der Waals surface area contributed by atoms with E-state index in [9.17, 15) is 9.59 Å². The van der Waals surface area contributed by atoms with Crippen LogP contribution in [0.3, 0.4) is 0 Å². The third-order valence-electron chi connectivity index (χ3n) is 2.25. The van der Waals surface area contributed by atoms with Crippen LogP contribution in [0.2, 0.25) is 0 Å². The Hall–Kier alpha value is -0.920. The molecule has 0 aliphatic rings. The fourth-order valence-electron chi connectivity index (χ4n) is 1.32. The van der Waals surface area contributed by atoms with Crippen LogP contribution in [0.25, 0.3) is 0 Å². The summed E-state index contributed by atoms with van der Waals surface area (Å²) in [5, 5.41) is 0. The van der Waals surface area contributed by atoms with Gasteiger partial charge in [-0.25, -0.2) is 4.79 Å². The molecule has 0 bridgehead atoms. The zero-order valence-corrected chi connectivity index (χ0v) is 14.6. The van der Waals surface area contributed by atoms with E-state index in [0.29, 0.717) is 33.4 Å². The molecule has 0 atom stereocenters. The van der Waals surface area contributed by atoms with Crippen molar-refractivity contribution in [1.82, 2.24) is 4.90 Å². The van der Waals surface area contributed by atoms with Crippen molar-refractivity contribution in [3.63, 3.8) is 0 Å². The first-order valence-corrected chi connectivity index (χ1v) is 7.39. The predicted molar refractivity (Wildman–Crippen MR) is 82.0 cm³/mol. The van der Waals surface area contributed by atoms with E-state index in [1.165, 1.54) is 6.92 Å². The highest BCUT2D eigenvalue weighted by atomic mass is 79.9. The third kappa shape index (κ3) is 5.22. The van der Waals surface area contributed by atoms with Crippen LogP contribution in [0, 0.1) is 0 Å². The summed E-state index contributed by atoms with van der Waals surface area (Å²) in [6.45, 7) is 2.27. The van der Waals surface area contributed by atoms with Crippen molar-refractivity contribution in [1.29, 1.82) is 0 Å². The van der Waals surface area contributed by atoms with E-state index >= 15 is 0 Å². The molecule has 0 aliphatic heterocycles. The van der Waals surface area contributed by atoms with Gasteiger partial charge in [0.05, 0.1) is 14.5 Å². The number of carbonyl (C=O) groups excluding carboxylic acids is 2. The second-order valence-electron chi connectivity index (χ2n) is 4.30. The molecule has 0 fully saturated rings. The highest BCUT2D eigenvalue weighted by molar-refractivity contribution is 9.11. The number of ether oxygens (including phenoxy) is 2. The molecule has 0 aliphatic carbocycles. The van der Waals surface area contributed by atoms with E-state index in [4.69, 9.17) is 9.47 Å². The molecule has 20 heavy (non-hydrogen) atoms. The Labute approximate surface area is 134 Å². The van der Waals surface area contributed by atoms with Crippen molar-refractivity contribution in [3.8, 4) is 5.75 Å². The molecule has 0 radical (unpaired) electrons. The maximum atomic E-state index is 11.9. The van der Waals surface area contributed by atoms with Crippen LogP contribution in [0.4, 0.5) is 0 Å². The van der Waals surface area contributed by atoms with E-state index in [1.54, 1.807) is 12.1 Å². The minimum atomic E-state index is -0.437. The number of nitrogens with zero attached hydrogens (tertiary/aromatic N) is 1. The normalized spacial score (nSPS) is 10.5. The van der Waals surface area contributed by atoms with Gasteiger partial charge in [0, 0.05) is 13.5 Å². The molecule has 0 spiro atoms. The molecular weight excluding hydrogens is 394 g/mol.